The largest absolute Gasteiger partial charge is 0.317 e. The Hall–Kier alpha value is -1.42. The lowest BCUT2D eigenvalue weighted by Gasteiger charge is -2.27. The Bertz CT molecular complexity index is 402. The first kappa shape index (κ1) is 12.0. The summed E-state index contributed by atoms with van der Waals surface area (Å²) in [5.41, 5.74) is 0.619. The van der Waals surface area contributed by atoms with Crippen molar-refractivity contribution in [1.82, 2.24) is 5.32 Å². The first-order chi connectivity index (χ1) is 8.18. The summed E-state index contributed by atoms with van der Waals surface area (Å²) in [4.78, 5) is 13.7. The van der Waals surface area contributed by atoms with Gasteiger partial charge in [0.25, 0.3) is 0 Å². The van der Waals surface area contributed by atoms with Crippen LogP contribution < -0.4 is 10.2 Å². The standard InChI is InChI=1S/C13H17FN2O/c1-16(12-4-2-3-11(14)9-12)13(17)10-5-7-15-8-6-10/h2-4,9-10,15H,5-8H2,1H3. The lowest BCUT2D eigenvalue weighted by atomic mass is 9.96. The monoisotopic (exact) mass is 236 g/mol. The van der Waals surface area contributed by atoms with Crippen LogP contribution in [0.25, 0.3) is 0 Å². The number of halogens is 1. The van der Waals surface area contributed by atoms with Gasteiger partial charge in [-0.2, -0.15) is 0 Å². The molecule has 17 heavy (non-hydrogen) atoms. The zero-order chi connectivity index (χ0) is 12.3. The van der Waals surface area contributed by atoms with E-state index in [2.05, 4.69) is 5.32 Å². The number of amides is 1. The summed E-state index contributed by atoms with van der Waals surface area (Å²) in [6.45, 7) is 1.76. The molecule has 1 N–H and O–H groups in total. The van der Waals surface area contributed by atoms with Gasteiger partial charge >= 0.3 is 0 Å². The van der Waals surface area contributed by atoms with Crippen molar-refractivity contribution in [3.63, 3.8) is 0 Å². The van der Waals surface area contributed by atoms with Gasteiger partial charge in [0.15, 0.2) is 0 Å². The molecule has 1 saturated heterocycles. The Morgan fingerprint density at radius 3 is 2.76 bits per heavy atom. The summed E-state index contributed by atoms with van der Waals surface area (Å²) in [5, 5.41) is 3.23. The normalized spacial score (nSPS) is 16.8. The summed E-state index contributed by atoms with van der Waals surface area (Å²) in [6, 6.07) is 6.14. The second-order valence-corrected chi connectivity index (χ2v) is 4.40. The maximum atomic E-state index is 13.1. The molecule has 0 bridgehead atoms. The number of rotatable bonds is 2. The topological polar surface area (TPSA) is 32.3 Å². The molecule has 0 unspecified atom stereocenters. The highest BCUT2D eigenvalue weighted by atomic mass is 19.1. The highest BCUT2D eigenvalue weighted by Crippen LogP contribution is 2.20. The highest BCUT2D eigenvalue weighted by Gasteiger charge is 2.24. The Balaban J connectivity index is 2.08. The molecule has 3 nitrogen and oxygen atoms in total. The fraction of sp³-hybridized carbons (Fsp3) is 0.462. The zero-order valence-electron chi connectivity index (χ0n) is 9.95. The van der Waals surface area contributed by atoms with Crippen LogP contribution in [0.1, 0.15) is 12.8 Å². The number of carbonyl (C=O) groups excluding carboxylic acids is 1. The van der Waals surface area contributed by atoms with Crippen molar-refractivity contribution in [3.05, 3.63) is 30.1 Å². The van der Waals surface area contributed by atoms with E-state index in [1.54, 1.807) is 24.1 Å². The van der Waals surface area contributed by atoms with Crippen LogP contribution in [0.15, 0.2) is 24.3 Å². The smallest absolute Gasteiger partial charge is 0.229 e. The van der Waals surface area contributed by atoms with Crippen LogP contribution in [0.3, 0.4) is 0 Å². The van der Waals surface area contributed by atoms with Gasteiger partial charge in [0, 0.05) is 18.7 Å². The molecule has 2 rings (SSSR count). The van der Waals surface area contributed by atoms with E-state index < -0.39 is 0 Å². The lowest BCUT2D eigenvalue weighted by molar-refractivity contribution is -0.122. The maximum Gasteiger partial charge on any atom is 0.229 e. The zero-order valence-corrected chi connectivity index (χ0v) is 9.95. The third-order valence-corrected chi connectivity index (χ3v) is 3.21. The number of piperidine rings is 1. The van der Waals surface area contributed by atoms with E-state index >= 15 is 0 Å². The van der Waals surface area contributed by atoms with Crippen molar-refractivity contribution in [2.75, 3.05) is 25.0 Å². The number of nitrogens with zero attached hydrogens (tertiary/aromatic N) is 1. The fourth-order valence-corrected chi connectivity index (χ4v) is 2.15. The van der Waals surface area contributed by atoms with E-state index in [4.69, 9.17) is 0 Å². The van der Waals surface area contributed by atoms with Gasteiger partial charge in [-0.1, -0.05) is 6.07 Å². The van der Waals surface area contributed by atoms with Gasteiger partial charge in [0.1, 0.15) is 5.82 Å². The summed E-state index contributed by atoms with van der Waals surface area (Å²) in [6.07, 6.45) is 1.72. The number of carbonyl (C=O) groups is 1. The predicted molar refractivity (Wildman–Crippen MR) is 65.4 cm³/mol. The van der Waals surface area contributed by atoms with E-state index in [-0.39, 0.29) is 17.6 Å². The minimum Gasteiger partial charge on any atom is -0.317 e. The second-order valence-electron chi connectivity index (χ2n) is 4.40. The summed E-state index contributed by atoms with van der Waals surface area (Å²) < 4.78 is 13.1. The van der Waals surface area contributed by atoms with Gasteiger partial charge in [0.05, 0.1) is 0 Å². The van der Waals surface area contributed by atoms with Crippen molar-refractivity contribution in [2.24, 2.45) is 5.92 Å². The molecular formula is C13H17FN2O. The van der Waals surface area contributed by atoms with Crippen LogP contribution >= 0.6 is 0 Å². The van der Waals surface area contributed by atoms with Crippen LogP contribution in [-0.2, 0) is 4.79 Å². The summed E-state index contributed by atoms with van der Waals surface area (Å²) in [7, 11) is 1.71. The molecule has 1 aliphatic heterocycles. The predicted octanol–water partition coefficient (Wildman–Crippen LogP) is 1.79. The number of hydrogen-bond acceptors (Lipinski definition) is 2. The van der Waals surface area contributed by atoms with Crippen LogP contribution in [-0.4, -0.2) is 26.0 Å². The number of benzene rings is 1. The minimum atomic E-state index is -0.313. The lowest BCUT2D eigenvalue weighted by Crippen LogP contribution is -2.39. The molecule has 1 fully saturated rings. The Morgan fingerprint density at radius 1 is 1.41 bits per heavy atom. The number of anilines is 1. The van der Waals surface area contributed by atoms with E-state index in [1.165, 1.54) is 12.1 Å². The average Bonchev–Trinajstić information content (AvgIpc) is 2.38. The Kier molecular flexibility index (Phi) is 3.74. The minimum absolute atomic E-state index is 0.0597. The van der Waals surface area contributed by atoms with Crippen LogP contribution in [0.2, 0.25) is 0 Å². The van der Waals surface area contributed by atoms with E-state index in [0.717, 1.165) is 25.9 Å². The van der Waals surface area contributed by atoms with Crippen molar-refractivity contribution in [1.29, 1.82) is 0 Å². The number of hydrogen-bond donors (Lipinski definition) is 1. The van der Waals surface area contributed by atoms with Gasteiger partial charge in [-0.25, -0.2) is 4.39 Å². The maximum absolute atomic E-state index is 13.1. The van der Waals surface area contributed by atoms with E-state index in [0.29, 0.717) is 5.69 Å². The van der Waals surface area contributed by atoms with Gasteiger partial charge in [-0.05, 0) is 44.1 Å². The molecule has 4 heteroatoms. The molecular weight excluding hydrogens is 219 g/mol. The van der Waals surface area contributed by atoms with Crippen molar-refractivity contribution in [3.8, 4) is 0 Å². The molecule has 0 saturated carbocycles. The molecule has 0 aliphatic carbocycles. The molecule has 0 radical (unpaired) electrons. The molecule has 1 amide bonds. The quantitative estimate of drug-likeness (QED) is 0.849. The van der Waals surface area contributed by atoms with Gasteiger partial charge in [-0.15, -0.1) is 0 Å². The van der Waals surface area contributed by atoms with Crippen molar-refractivity contribution in [2.45, 2.75) is 12.8 Å². The average molecular weight is 236 g/mol. The molecule has 92 valence electrons. The third kappa shape index (κ3) is 2.82. The molecule has 0 spiro atoms. The number of nitrogens with one attached hydrogen (secondary N) is 1. The van der Waals surface area contributed by atoms with Crippen LogP contribution in [0.5, 0.6) is 0 Å². The summed E-state index contributed by atoms with van der Waals surface area (Å²) >= 11 is 0. The van der Waals surface area contributed by atoms with Crippen molar-refractivity contribution >= 4 is 11.6 Å². The highest BCUT2D eigenvalue weighted by molar-refractivity contribution is 5.94. The fourth-order valence-electron chi connectivity index (χ4n) is 2.15. The van der Waals surface area contributed by atoms with Crippen molar-refractivity contribution < 1.29 is 9.18 Å². The molecule has 1 aliphatic rings. The van der Waals surface area contributed by atoms with E-state index in [1.807, 2.05) is 0 Å². The molecule has 0 aromatic heterocycles. The summed E-state index contributed by atoms with van der Waals surface area (Å²) in [5.74, 6) is -0.172. The molecule has 1 heterocycles. The molecule has 1 aromatic carbocycles. The SMILES string of the molecule is CN(C(=O)C1CCNCC1)c1cccc(F)c1. The second kappa shape index (κ2) is 5.27. The Morgan fingerprint density at radius 2 is 2.12 bits per heavy atom. The van der Waals surface area contributed by atoms with Crippen LogP contribution in [0, 0.1) is 11.7 Å². The molecule has 0 atom stereocenters. The third-order valence-electron chi connectivity index (χ3n) is 3.21. The van der Waals surface area contributed by atoms with Gasteiger partial charge in [0.2, 0.25) is 5.91 Å². The first-order valence-electron chi connectivity index (χ1n) is 5.92. The van der Waals surface area contributed by atoms with Gasteiger partial charge < -0.3 is 10.2 Å². The first-order valence-corrected chi connectivity index (χ1v) is 5.92. The Labute approximate surface area is 101 Å². The van der Waals surface area contributed by atoms with Gasteiger partial charge in [-0.3, -0.25) is 4.79 Å². The van der Waals surface area contributed by atoms with Crippen LogP contribution in [0.4, 0.5) is 10.1 Å². The van der Waals surface area contributed by atoms with E-state index in [9.17, 15) is 9.18 Å². The molecule has 1 aromatic rings.